The molecule has 0 aromatic heterocycles. The molecule has 0 radical (unpaired) electrons. The van der Waals surface area contributed by atoms with Crippen LogP contribution in [0.4, 0.5) is 0 Å². The zero-order valence-electron chi connectivity index (χ0n) is 9.45. The van der Waals surface area contributed by atoms with Crippen LogP contribution in [0.1, 0.15) is 32.6 Å². The number of nitrogens with one attached hydrogen (secondary N) is 1. The van der Waals surface area contributed by atoms with Gasteiger partial charge >= 0.3 is 0 Å². The number of aliphatic hydroxyl groups excluding tert-OH is 1. The van der Waals surface area contributed by atoms with Gasteiger partial charge in [0.05, 0.1) is 10.2 Å². The van der Waals surface area contributed by atoms with Crippen LogP contribution in [0.5, 0.6) is 0 Å². The SMILES string of the molecule is CC(CN)CNC(I)C1CCC(O)CC1. The third-order valence-electron chi connectivity index (χ3n) is 3.22. The molecule has 0 spiro atoms. The van der Waals surface area contributed by atoms with E-state index in [4.69, 9.17) is 5.73 Å². The summed E-state index contributed by atoms with van der Waals surface area (Å²) >= 11 is 2.48. The van der Waals surface area contributed by atoms with Crippen LogP contribution >= 0.6 is 22.6 Å². The summed E-state index contributed by atoms with van der Waals surface area (Å²) in [5, 5.41) is 13.0. The van der Waals surface area contributed by atoms with Crippen LogP contribution in [0.25, 0.3) is 0 Å². The van der Waals surface area contributed by atoms with E-state index in [2.05, 4.69) is 34.8 Å². The smallest absolute Gasteiger partial charge is 0.0622 e. The largest absolute Gasteiger partial charge is 0.393 e. The quantitative estimate of drug-likeness (QED) is 0.408. The molecule has 4 heteroatoms. The minimum Gasteiger partial charge on any atom is -0.393 e. The van der Waals surface area contributed by atoms with Crippen molar-refractivity contribution in [1.29, 1.82) is 0 Å². The molecular weight excluding hydrogens is 303 g/mol. The van der Waals surface area contributed by atoms with Crippen molar-refractivity contribution in [2.75, 3.05) is 13.1 Å². The van der Waals surface area contributed by atoms with Crippen molar-refractivity contribution in [1.82, 2.24) is 5.32 Å². The van der Waals surface area contributed by atoms with Crippen molar-refractivity contribution in [2.45, 2.75) is 42.8 Å². The highest BCUT2D eigenvalue weighted by molar-refractivity contribution is 14.1. The Bertz CT molecular complexity index is 172. The van der Waals surface area contributed by atoms with Crippen molar-refractivity contribution >= 4 is 22.6 Å². The van der Waals surface area contributed by atoms with Crippen molar-refractivity contribution < 1.29 is 5.11 Å². The molecule has 0 bridgehead atoms. The summed E-state index contributed by atoms with van der Waals surface area (Å²) in [5.74, 6) is 1.27. The molecule has 0 saturated heterocycles. The van der Waals surface area contributed by atoms with Crippen LogP contribution in [0.15, 0.2) is 0 Å². The predicted molar refractivity (Wildman–Crippen MR) is 72.0 cm³/mol. The molecule has 0 aliphatic heterocycles. The molecule has 0 aromatic carbocycles. The van der Waals surface area contributed by atoms with Crippen LogP contribution in [-0.4, -0.2) is 28.3 Å². The molecule has 2 atom stereocenters. The summed E-state index contributed by atoms with van der Waals surface area (Å²) in [6.45, 7) is 3.92. The van der Waals surface area contributed by atoms with Gasteiger partial charge in [-0.1, -0.05) is 29.5 Å². The maximum Gasteiger partial charge on any atom is 0.0622 e. The predicted octanol–water partition coefficient (Wildman–Crippen LogP) is 1.48. The Morgan fingerprint density at radius 3 is 2.53 bits per heavy atom. The average molecular weight is 326 g/mol. The second kappa shape index (κ2) is 7.04. The van der Waals surface area contributed by atoms with Gasteiger partial charge in [0, 0.05) is 0 Å². The lowest BCUT2D eigenvalue weighted by molar-refractivity contribution is 0.106. The molecule has 0 aromatic rings. The number of rotatable bonds is 5. The van der Waals surface area contributed by atoms with Crippen molar-refractivity contribution in [2.24, 2.45) is 17.6 Å². The van der Waals surface area contributed by atoms with Crippen LogP contribution < -0.4 is 11.1 Å². The zero-order chi connectivity index (χ0) is 11.3. The van der Waals surface area contributed by atoms with Gasteiger partial charge in [0.1, 0.15) is 0 Å². The first-order valence-electron chi connectivity index (χ1n) is 5.89. The van der Waals surface area contributed by atoms with Crippen LogP contribution in [0, 0.1) is 11.8 Å². The Hall–Kier alpha value is 0.610. The standard InChI is InChI=1S/C11H23IN2O/c1-8(6-13)7-14-11(12)9-2-4-10(15)5-3-9/h8-11,14-15H,2-7,13H2,1H3. The van der Waals surface area contributed by atoms with Gasteiger partial charge in [0.2, 0.25) is 0 Å². The van der Waals surface area contributed by atoms with Gasteiger partial charge in [-0.3, -0.25) is 0 Å². The summed E-state index contributed by atoms with van der Waals surface area (Å²) in [4.78, 5) is 0. The van der Waals surface area contributed by atoms with E-state index >= 15 is 0 Å². The highest BCUT2D eigenvalue weighted by Crippen LogP contribution is 2.29. The molecule has 0 heterocycles. The number of aliphatic hydroxyl groups is 1. The van der Waals surface area contributed by atoms with E-state index in [1.807, 2.05) is 0 Å². The number of nitrogens with two attached hydrogens (primary N) is 1. The van der Waals surface area contributed by atoms with Gasteiger partial charge in [0.15, 0.2) is 0 Å². The van der Waals surface area contributed by atoms with Crippen LogP contribution in [0.2, 0.25) is 0 Å². The number of alkyl halides is 1. The van der Waals surface area contributed by atoms with Gasteiger partial charge in [0.25, 0.3) is 0 Å². The van der Waals surface area contributed by atoms with E-state index in [1.165, 1.54) is 0 Å². The normalized spacial score (nSPS) is 31.2. The Kier molecular flexibility index (Phi) is 6.42. The number of hydrogen-bond donors (Lipinski definition) is 3. The summed E-state index contributed by atoms with van der Waals surface area (Å²) in [6.07, 6.45) is 4.20. The molecule has 1 rings (SSSR count). The van der Waals surface area contributed by atoms with E-state index in [9.17, 15) is 5.11 Å². The third kappa shape index (κ3) is 4.97. The van der Waals surface area contributed by atoms with Gasteiger partial charge < -0.3 is 16.2 Å². The third-order valence-corrected chi connectivity index (χ3v) is 4.68. The molecular formula is C11H23IN2O. The molecule has 1 saturated carbocycles. The Morgan fingerprint density at radius 1 is 1.40 bits per heavy atom. The highest BCUT2D eigenvalue weighted by Gasteiger charge is 2.24. The molecule has 1 aliphatic rings. The van der Waals surface area contributed by atoms with Gasteiger partial charge in [-0.15, -0.1) is 0 Å². The molecule has 15 heavy (non-hydrogen) atoms. The Morgan fingerprint density at radius 2 is 2.00 bits per heavy atom. The van der Waals surface area contributed by atoms with E-state index in [0.29, 0.717) is 9.97 Å². The fourth-order valence-electron chi connectivity index (χ4n) is 1.96. The summed E-state index contributed by atoms with van der Waals surface area (Å²) in [5.41, 5.74) is 5.58. The average Bonchev–Trinajstić information content (AvgIpc) is 2.26. The van der Waals surface area contributed by atoms with E-state index in [0.717, 1.165) is 44.7 Å². The second-order valence-electron chi connectivity index (χ2n) is 4.72. The second-order valence-corrected chi connectivity index (χ2v) is 6.06. The minimum absolute atomic E-state index is 0.0483. The fourth-order valence-corrected chi connectivity index (χ4v) is 2.93. The fraction of sp³-hybridized carbons (Fsp3) is 1.00. The summed E-state index contributed by atoms with van der Waals surface area (Å²) in [7, 11) is 0. The first kappa shape index (κ1) is 13.7. The van der Waals surface area contributed by atoms with Gasteiger partial charge in [-0.2, -0.15) is 0 Å². The molecule has 4 N–H and O–H groups in total. The first-order chi connectivity index (χ1) is 7.13. The van der Waals surface area contributed by atoms with Crippen molar-refractivity contribution in [3.8, 4) is 0 Å². The highest BCUT2D eigenvalue weighted by atomic mass is 127. The van der Waals surface area contributed by atoms with Crippen LogP contribution in [-0.2, 0) is 0 Å². The van der Waals surface area contributed by atoms with Gasteiger partial charge in [-0.05, 0) is 50.6 Å². The van der Waals surface area contributed by atoms with Gasteiger partial charge in [-0.25, -0.2) is 0 Å². The lowest BCUT2D eigenvalue weighted by Crippen LogP contribution is -2.37. The van der Waals surface area contributed by atoms with E-state index in [1.54, 1.807) is 0 Å². The minimum atomic E-state index is -0.0483. The molecule has 3 nitrogen and oxygen atoms in total. The summed E-state index contributed by atoms with van der Waals surface area (Å²) in [6, 6.07) is 0. The summed E-state index contributed by atoms with van der Waals surface area (Å²) < 4.78 is 0.532. The Labute approximate surface area is 106 Å². The number of hydrogen-bond acceptors (Lipinski definition) is 3. The lowest BCUT2D eigenvalue weighted by atomic mass is 9.87. The maximum atomic E-state index is 9.43. The van der Waals surface area contributed by atoms with Crippen molar-refractivity contribution in [3.05, 3.63) is 0 Å². The topological polar surface area (TPSA) is 58.3 Å². The Balaban J connectivity index is 2.19. The molecule has 2 unspecified atom stereocenters. The molecule has 1 aliphatic carbocycles. The maximum absolute atomic E-state index is 9.43. The molecule has 0 amide bonds. The zero-order valence-corrected chi connectivity index (χ0v) is 11.6. The molecule has 90 valence electrons. The van der Waals surface area contributed by atoms with E-state index < -0.39 is 0 Å². The van der Waals surface area contributed by atoms with Crippen LogP contribution in [0.3, 0.4) is 0 Å². The first-order valence-corrected chi connectivity index (χ1v) is 7.13. The number of halogens is 1. The van der Waals surface area contributed by atoms with E-state index in [-0.39, 0.29) is 6.10 Å². The lowest BCUT2D eigenvalue weighted by Gasteiger charge is -2.30. The monoisotopic (exact) mass is 326 g/mol. The van der Waals surface area contributed by atoms with Crippen molar-refractivity contribution in [3.63, 3.8) is 0 Å². The molecule has 1 fully saturated rings.